The molecule has 0 aromatic carbocycles. The van der Waals surface area contributed by atoms with Crippen molar-refractivity contribution in [2.75, 3.05) is 6.61 Å². The fourth-order valence-corrected chi connectivity index (χ4v) is 0.272. The van der Waals surface area contributed by atoms with Gasteiger partial charge in [0, 0.05) is 6.92 Å². The molecular weight excluding hydrogens is 122 g/mol. The molecular formula is C5H9NO3. The Balaban J connectivity index is 3.39. The van der Waals surface area contributed by atoms with Crippen LogP contribution in [0, 0.1) is 5.41 Å². The Kier molecular flexibility index (Phi) is 3.43. The lowest BCUT2D eigenvalue weighted by molar-refractivity contribution is 0.0998. The van der Waals surface area contributed by atoms with Crippen molar-refractivity contribution in [1.82, 2.24) is 0 Å². The Bertz CT molecular complexity index is 121. The molecule has 0 saturated heterocycles. The first-order valence-electron chi connectivity index (χ1n) is 2.56. The molecule has 0 atom stereocenters. The smallest absolute Gasteiger partial charge is 0.434 e. The van der Waals surface area contributed by atoms with Crippen LogP contribution in [0.15, 0.2) is 0 Å². The Morgan fingerprint density at radius 2 is 2.22 bits per heavy atom. The van der Waals surface area contributed by atoms with Crippen LogP contribution in [0.5, 0.6) is 0 Å². The van der Waals surface area contributed by atoms with Gasteiger partial charge in [-0.1, -0.05) is 0 Å². The van der Waals surface area contributed by atoms with Crippen molar-refractivity contribution in [3.05, 3.63) is 0 Å². The zero-order valence-corrected chi connectivity index (χ0v) is 5.43. The highest BCUT2D eigenvalue weighted by Gasteiger charge is 2.01. The SMILES string of the molecule is CCOC(=O)OC(C)=N. The molecule has 9 heavy (non-hydrogen) atoms. The fraction of sp³-hybridized carbons (Fsp3) is 0.600. The molecule has 0 aliphatic rings. The van der Waals surface area contributed by atoms with Crippen LogP contribution in [-0.2, 0) is 9.47 Å². The average molecular weight is 131 g/mol. The normalized spacial score (nSPS) is 8.22. The highest BCUT2D eigenvalue weighted by molar-refractivity contribution is 5.81. The Labute approximate surface area is 53.3 Å². The van der Waals surface area contributed by atoms with Crippen LogP contribution in [0.4, 0.5) is 4.79 Å². The third kappa shape index (κ3) is 4.80. The van der Waals surface area contributed by atoms with Gasteiger partial charge >= 0.3 is 6.16 Å². The first-order valence-corrected chi connectivity index (χ1v) is 2.56. The summed E-state index contributed by atoms with van der Waals surface area (Å²) >= 11 is 0. The first kappa shape index (κ1) is 7.94. The lowest BCUT2D eigenvalue weighted by atomic mass is 10.8. The second kappa shape index (κ2) is 3.88. The quantitative estimate of drug-likeness (QED) is 0.330. The standard InChI is InChI=1S/C5H9NO3/c1-3-8-5(7)9-4(2)6/h6H,3H2,1-2H3. The molecule has 4 heteroatoms. The van der Waals surface area contributed by atoms with E-state index in [9.17, 15) is 4.79 Å². The summed E-state index contributed by atoms with van der Waals surface area (Å²) in [5.74, 6) is -0.159. The van der Waals surface area contributed by atoms with E-state index in [1.165, 1.54) is 6.92 Å². The van der Waals surface area contributed by atoms with Gasteiger partial charge in [0.05, 0.1) is 6.61 Å². The summed E-state index contributed by atoms with van der Waals surface area (Å²) in [6, 6.07) is 0. The summed E-state index contributed by atoms with van der Waals surface area (Å²) in [7, 11) is 0. The number of nitrogens with one attached hydrogen (secondary N) is 1. The van der Waals surface area contributed by atoms with Crippen LogP contribution in [-0.4, -0.2) is 18.7 Å². The maximum Gasteiger partial charge on any atom is 0.514 e. The molecule has 0 spiro atoms. The summed E-state index contributed by atoms with van der Waals surface area (Å²) in [5.41, 5.74) is 0. The molecule has 0 amide bonds. The minimum atomic E-state index is -0.815. The number of rotatable bonds is 1. The van der Waals surface area contributed by atoms with Gasteiger partial charge < -0.3 is 9.47 Å². The fourth-order valence-electron chi connectivity index (χ4n) is 0.272. The van der Waals surface area contributed by atoms with Gasteiger partial charge in [-0.05, 0) is 6.92 Å². The van der Waals surface area contributed by atoms with E-state index in [2.05, 4.69) is 9.47 Å². The van der Waals surface area contributed by atoms with E-state index >= 15 is 0 Å². The Morgan fingerprint density at radius 1 is 1.67 bits per heavy atom. The van der Waals surface area contributed by atoms with Crippen molar-refractivity contribution in [2.24, 2.45) is 0 Å². The van der Waals surface area contributed by atoms with Crippen molar-refractivity contribution < 1.29 is 14.3 Å². The molecule has 0 radical (unpaired) electrons. The molecule has 1 N–H and O–H groups in total. The van der Waals surface area contributed by atoms with Crippen molar-refractivity contribution in [2.45, 2.75) is 13.8 Å². The van der Waals surface area contributed by atoms with Crippen molar-refractivity contribution in [3.8, 4) is 0 Å². The predicted octanol–water partition coefficient (Wildman–Crippen LogP) is 1.16. The molecule has 0 saturated carbocycles. The van der Waals surface area contributed by atoms with Gasteiger partial charge in [0.25, 0.3) is 0 Å². The van der Waals surface area contributed by atoms with Crippen LogP contribution in [0.25, 0.3) is 0 Å². The first-order chi connectivity index (χ1) is 4.16. The third-order valence-electron chi connectivity index (χ3n) is 0.499. The van der Waals surface area contributed by atoms with Crippen LogP contribution in [0.1, 0.15) is 13.8 Å². The molecule has 0 unspecified atom stereocenters. The average Bonchev–Trinajstić information content (AvgIpc) is 1.63. The van der Waals surface area contributed by atoms with E-state index in [0.717, 1.165) is 0 Å². The van der Waals surface area contributed by atoms with E-state index in [4.69, 9.17) is 5.41 Å². The van der Waals surface area contributed by atoms with Gasteiger partial charge in [-0.25, -0.2) is 4.79 Å². The molecule has 0 rings (SSSR count). The summed E-state index contributed by atoms with van der Waals surface area (Å²) in [5, 5.41) is 6.68. The highest BCUT2D eigenvalue weighted by Crippen LogP contribution is 1.84. The lowest BCUT2D eigenvalue weighted by Gasteiger charge is -1.99. The van der Waals surface area contributed by atoms with Gasteiger partial charge in [0.2, 0.25) is 0 Å². The van der Waals surface area contributed by atoms with Gasteiger partial charge in [-0.15, -0.1) is 0 Å². The summed E-state index contributed by atoms with van der Waals surface area (Å²) < 4.78 is 8.56. The maximum atomic E-state index is 10.3. The molecule has 4 nitrogen and oxygen atoms in total. The molecule has 0 fully saturated rings. The molecule has 0 heterocycles. The number of hydrogen-bond acceptors (Lipinski definition) is 4. The van der Waals surface area contributed by atoms with E-state index in [0.29, 0.717) is 0 Å². The summed E-state index contributed by atoms with van der Waals surface area (Å²) in [6.45, 7) is 3.30. The van der Waals surface area contributed by atoms with Gasteiger partial charge in [-0.3, -0.25) is 5.41 Å². The zero-order valence-electron chi connectivity index (χ0n) is 5.43. The van der Waals surface area contributed by atoms with Gasteiger partial charge in [0.15, 0.2) is 5.90 Å². The second-order valence-electron chi connectivity index (χ2n) is 1.34. The van der Waals surface area contributed by atoms with E-state index < -0.39 is 6.16 Å². The van der Waals surface area contributed by atoms with E-state index in [1.807, 2.05) is 0 Å². The van der Waals surface area contributed by atoms with Gasteiger partial charge in [0.1, 0.15) is 0 Å². The monoisotopic (exact) mass is 131 g/mol. The molecule has 0 aromatic rings. The molecule has 0 bridgehead atoms. The zero-order chi connectivity index (χ0) is 7.28. The van der Waals surface area contributed by atoms with Crippen molar-refractivity contribution in [1.29, 1.82) is 5.41 Å². The van der Waals surface area contributed by atoms with Crippen LogP contribution in [0.2, 0.25) is 0 Å². The Hall–Kier alpha value is -1.06. The Morgan fingerprint density at radius 3 is 2.56 bits per heavy atom. The molecule has 0 aliphatic carbocycles. The highest BCUT2D eigenvalue weighted by atomic mass is 16.7. The summed E-state index contributed by atoms with van der Waals surface area (Å²) in [4.78, 5) is 10.3. The predicted molar refractivity (Wildman–Crippen MR) is 31.5 cm³/mol. The number of carbonyl (C=O) groups is 1. The molecule has 0 aromatic heterocycles. The maximum absolute atomic E-state index is 10.3. The lowest BCUT2D eigenvalue weighted by Crippen LogP contribution is -2.09. The van der Waals surface area contributed by atoms with E-state index in [-0.39, 0.29) is 12.5 Å². The van der Waals surface area contributed by atoms with Crippen LogP contribution in [0.3, 0.4) is 0 Å². The van der Waals surface area contributed by atoms with Crippen LogP contribution >= 0.6 is 0 Å². The van der Waals surface area contributed by atoms with Crippen LogP contribution < -0.4 is 0 Å². The molecule has 52 valence electrons. The largest absolute Gasteiger partial charge is 0.514 e. The number of ether oxygens (including phenoxy) is 2. The van der Waals surface area contributed by atoms with Gasteiger partial charge in [-0.2, -0.15) is 0 Å². The minimum absolute atomic E-state index is 0.159. The molecule has 0 aliphatic heterocycles. The topological polar surface area (TPSA) is 59.4 Å². The second-order valence-corrected chi connectivity index (χ2v) is 1.34. The van der Waals surface area contributed by atoms with Crippen molar-refractivity contribution in [3.63, 3.8) is 0 Å². The van der Waals surface area contributed by atoms with E-state index in [1.54, 1.807) is 6.92 Å². The minimum Gasteiger partial charge on any atom is -0.434 e. The number of carbonyl (C=O) groups excluding carboxylic acids is 1. The number of hydrogen-bond donors (Lipinski definition) is 1. The van der Waals surface area contributed by atoms with Crippen molar-refractivity contribution >= 4 is 12.1 Å². The third-order valence-corrected chi connectivity index (χ3v) is 0.499. The summed E-state index contributed by atoms with van der Waals surface area (Å²) in [6.07, 6.45) is -0.815.